The molecule has 1 aliphatic heterocycles. The number of rotatable bonds is 5. The smallest absolute Gasteiger partial charge is 0.317 e. The molecule has 5 heteroatoms. The van der Waals surface area contributed by atoms with E-state index in [1.807, 2.05) is 47.4 Å². The van der Waals surface area contributed by atoms with Gasteiger partial charge in [0.05, 0.1) is 0 Å². The van der Waals surface area contributed by atoms with Crippen molar-refractivity contribution in [3.8, 4) is 11.5 Å². The van der Waals surface area contributed by atoms with Crippen molar-refractivity contribution >= 4 is 11.7 Å². The Hall–Kier alpha value is -2.69. The maximum Gasteiger partial charge on any atom is 0.317 e. The quantitative estimate of drug-likeness (QED) is 0.885. The Bertz CT molecular complexity index is 693. The van der Waals surface area contributed by atoms with Gasteiger partial charge in [0, 0.05) is 38.4 Å². The van der Waals surface area contributed by atoms with Crippen molar-refractivity contribution < 1.29 is 9.53 Å². The van der Waals surface area contributed by atoms with Crippen molar-refractivity contribution in [3.05, 3.63) is 54.6 Å². The van der Waals surface area contributed by atoms with E-state index in [1.165, 1.54) is 0 Å². The number of piperazine rings is 1. The first-order valence-electron chi connectivity index (χ1n) is 9.22. The summed E-state index contributed by atoms with van der Waals surface area (Å²) in [5.41, 5.74) is 1.16. The molecule has 0 saturated carbocycles. The van der Waals surface area contributed by atoms with Gasteiger partial charge in [0.25, 0.3) is 0 Å². The highest BCUT2D eigenvalue weighted by atomic mass is 16.5. The van der Waals surface area contributed by atoms with Gasteiger partial charge in [-0.3, -0.25) is 0 Å². The monoisotopic (exact) mass is 353 g/mol. The van der Waals surface area contributed by atoms with Crippen LogP contribution in [0.25, 0.3) is 0 Å². The normalized spacial score (nSPS) is 14.4. The Morgan fingerprint density at radius 1 is 0.962 bits per heavy atom. The number of ether oxygens (including phenoxy) is 1. The lowest BCUT2D eigenvalue weighted by molar-refractivity contribution is 0.193. The summed E-state index contributed by atoms with van der Waals surface area (Å²) in [7, 11) is 0. The maximum absolute atomic E-state index is 12.1. The van der Waals surface area contributed by atoms with Crippen molar-refractivity contribution in [2.45, 2.75) is 13.8 Å². The molecule has 0 aliphatic carbocycles. The molecule has 2 amide bonds. The van der Waals surface area contributed by atoms with Crippen LogP contribution in [-0.2, 0) is 0 Å². The second-order valence-electron chi connectivity index (χ2n) is 6.96. The molecule has 1 N–H and O–H groups in total. The predicted molar refractivity (Wildman–Crippen MR) is 105 cm³/mol. The number of amides is 2. The Morgan fingerprint density at radius 2 is 1.58 bits per heavy atom. The zero-order chi connectivity index (χ0) is 18.4. The first-order valence-corrected chi connectivity index (χ1v) is 9.22. The molecule has 1 fully saturated rings. The standard InChI is InChI=1S/C21H27N3O2/c1-17(2)16-22-21(25)24-14-12-23(13-15-24)18-8-10-20(11-9-18)26-19-6-4-3-5-7-19/h3-11,17H,12-16H2,1-2H3,(H,22,25). The van der Waals surface area contributed by atoms with E-state index >= 15 is 0 Å². The second kappa shape index (κ2) is 8.61. The largest absolute Gasteiger partial charge is 0.457 e. The lowest BCUT2D eigenvalue weighted by Gasteiger charge is -2.36. The van der Waals surface area contributed by atoms with Gasteiger partial charge in [-0.05, 0) is 42.3 Å². The molecule has 2 aromatic rings. The van der Waals surface area contributed by atoms with Crippen LogP contribution in [0.4, 0.5) is 10.5 Å². The van der Waals surface area contributed by atoms with Crippen LogP contribution in [0.2, 0.25) is 0 Å². The molecule has 3 rings (SSSR count). The number of hydrogen-bond donors (Lipinski definition) is 1. The lowest BCUT2D eigenvalue weighted by atomic mass is 10.2. The van der Waals surface area contributed by atoms with E-state index in [9.17, 15) is 4.79 Å². The predicted octanol–water partition coefficient (Wildman–Crippen LogP) is 3.97. The minimum atomic E-state index is 0.0463. The fourth-order valence-electron chi connectivity index (χ4n) is 2.92. The molecule has 0 atom stereocenters. The zero-order valence-corrected chi connectivity index (χ0v) is 15.5. The highest BCUT2D eigenvalue weighted by molar-refractivity contribution is 5.74. The second-order valence-corrected chi connectivity index (χ2v) is 6.96. The molecule has 138 valence electrons. The molecule has 1 heterocycles. The van der Waals surface area contributed by atoms with Crippen molar-refractivity contribution in [2.75, 3.05) is 37.6 Å². The molecule has 1 saturated heterocycles. The van der Waals surface area contributed by atoms with Crippen LogP contribution in [0.1, 0.15) is 13.8 Å². The highest BCUT2D eigenvalue weighted by Crippen LogP contribution is 2.24. The SMILES string of the molecule is CC(C)CNC(=O)N1CCN(c2ccc(Oc3ccccc3)cc2)CC1. The molecule has 0 bridgehead atoms. The van der Waals surface area contributed by atoms with Gasteiger partial charge in [0.2, 0.25) is 0 Å². The third-order valence-electron chi connectivity index (χ3n) is 4.41. The first kappa shape index (κ1) is 18.1. The van der Waals surface area contributed by atoms with E-state index in [4.69, 9.17) is 4.74 Å². The molecule has 1 aliphatic rings. The van der Waals surface area contributed by atoms with Crippen molar-refractivity contribution in [2.24, 2.45) is 5.92 Å². The average molecular weight is 353 g/mol. The van der Waals surface area contributed by atoms with E-state index in [0.717, 1.165) is 49.9 Å². The van der Waals surface area contributed by atoms with Crippen molar-refractivity contribution in [1.82, 2.24) is 10.2 Å². The van der Waals surface area contributed by atoms with Crippen molar-refractivity contribution in [1.29, 1.82) is 0 Å². The van der Waals surface area contributed by atoms with Crippen LogP contribution in [0.5, 0.6) is 11.5 Å². The third-order valence-corrected chi connectivity index (χ3v) is 4.41. The fourth-order valence-corrected chi connectivity index (χ4v) is 2.92. The van der Waals surface area contributed by atoms with Gasteiger partial charge in [-0.1, -0.05) is 32.0 Å². The minimum absolute atomic E-state index is 0.0463. The molecule has 0 unspecified atom stereocenters. The maximum atomic E-state index is 12.1. The molecule has 2 aromatic carbocycles. The summed E-state index contributed by atoms with van der Waals surface area (Å²) in [6.07, 6.45) is 0. The van der Waals surface area contributed by atoms with Crippen LogP contribution < -0.4 is 15.0 Å². The number of nitrogens with zero attached hydrogens (tertiary/aromatic N) is 2. The summed E-state index contributed by atoms with van der Waals surface area (Å²) >= 11 is 0. The number of nitrogens with one attached hydrogen (secondary N) is 1. The van der Waals surface area contributed by atoms with Crippen molar-refractivity contribution in [3.63, 3.8) is 0 Å². The lowest BCUT2D eigenvalue weighted by Crippen LogP contribution is -2.52. The van der Waals surface area contributed by atoms with Gasteiger partial charge in [0.1, 0.15) is 11.5 Å². The molecular weight excluding hydrogens is 326 g/mol. The van der Waals surface area contributed by atoms with Crippen LogP contribution in [-0.4, -0.2) is 43.7 Å². The summed E-state index contributed by atoms with van der Waals surface area (Å²) in [5.74, 6) is 2.13. The molecule has 0 spiro atoms. The topological polar surface area (TPSA) is 44.8 Å². The van der Waals surface area contributed by atoms with E-state index in [1.54, 1.807) is 0 Å². The van der Waals surface area contributed by atoms with Gasteiger partial charge < -0.3 is 19.9 Å². The number of anilines is 1. The number of benzene rings is 2. The number of hydrogen-bond acceptors (Lipinski definition) is 3. The first-order chi connectivity index (χ1) is 12.6. The van der Waals surface area contributed by atoms with E-state index in [2.05, 4.69) is 36.2 Å². The Labute approximate surface area is 155 Å². The number of para-hydroxylation sites is 1. The molecule has 5 nitrogen and oxygen atoms in total. The average Bonchev–Trinajstić information content (AvgIpc) is 2.68. The molecule has 0 radical (unpaired) electrons. The van der Waals surface area contributed by atoms with Crippen LogP contribution in [0.15, 0.2) is 54.6 Å². The Balaban J connectivity index is 1.51. The van der Waals surface area contributed by atoms with Gasteiger partial charge in [-0.15, -0.1) is 0 Å². The van der Waals surface area contributed by atoms with Gasteiger partial charge >= 0.3 is 6.03 Å². The summed E-state index contributed by atoms with van der Waals surface area (Å²) in [6.45, 7) is 8.09. The number of carbonyl (C=O) groups is 1. The Morgan fingerprint density at radius 3 is 2.19 bits per heavy atom. The van der Waals surface area contributed by atoms with Gasteiger partial charge in [0.15, 0.2) is 0 Å². The minimum Gasteiger partial charge on any atom is -0.457 e. The molecule has 26 heavy (non-hydrogen) atoms. The van der Waals surface area contributed by atoms with Crippen LogP contribution in [0, 0.1) is 5.92 Å². The van der Waals surface area contributed by atoms with E-state index in [0.29, 0.717) is 5.92 Å². The van der Waals surface area contributed by atoms with Crippen LogP contribution >= 0.6 is 0 Å². The van der Waals surface area contributed by atoms with Gasteiger partial charge in [-0.25, -0.2) is 4.79 Å². The highest BCUT2D eigenvalue weighted by Gasteiger charge is 2.21. The molecular formula is C21H27N3O2. The summed E-state index contributed by atoms with van der Waals surface area (Å²) in [5, 5.41) is 2.99. The summed E-state index contributed by atoms with van der Waals surface area (Å²) in [6, 6.07) is 18.0. The summed E-state index contributed by atoms with van der Waals surface area (Å²) < 4.78 is 5.84. The van der Waals surface area contributed by atoms with E-state index < -0.39 is 0 Å². The van der Waals surface area contributed by atoms with Gasteiger partial charge in [-0.2, -0.15) is 0 Å². The van der Waals surface area contributed by atoms with Crippen LogP contribution in [0.3, 0.4) is 0 Å². The fraction of sp³-hybridized carbons (Fsp3) is 0.381. The number of carbonyl (C=O) groups excluding carboxylic acids is 1. The summed E-state index contributed by atoms with van der Waals surface area (Å²) in [4.78, 5) is 16.3. The zero-order valence-electron chi connectivity index (χ0n) is 15.5. The Kier molecular flexibility index (Phi) is 6.00. The number of urea groups is 1. The van der Waals surface area contributed by atoms with E-state index in [-0.39, 0.29) is 6.03 Å². The third kappa shape index (κ3) is 4.91. The molecule has 0 aromatic heterocycles.